The molecule has 4 heteroatoms. The number of aryl methyl sites for hydroxylation is 3. The summed E-state index contributed by atoms with van der Waals surface area (Å²) in [7, 11) is 0. The standard InChI is InChI=1S/C23H22N2OS/c1-4-17-6-8-18(9-7-17)12-25-14-24-22-21(23(25)26)20(13-27-22)19-10-5-15(2)16(3)11-19/h5-11,13-14H,4,12H2,1-3H3. The normalized spacial score (nSPS) is 11.2. The molecule has 4 rings (SSSR count). The molecule has 0 unspecified atom stereocenters. The van der Waals surface area contributed by atoms with E-state index in [-0.39, 0.29) is 5.56 Å². The minimum absolute atomic E-state index is 0.0223. The molecule has 0 spiro atoms. The molecule has 0 fully saturated rings. The number of benzene rings is 2. The van der Waals surface area contributed by atoms with E-state index in [2.05, 4.69) is 68.2 Å². The summed E-state index contributed by atoms with van der Waals surface area (Å²) in [6, 6.07) is 14.8. The zero-order chi connectivity index (χ0) is 19.0. The summed E-state index contributed by atoms with van der Waals surface area (Å²) in [5.41, 5.74) is 6.97. The Hall–Kier alpha value is -2.72. The van der Waals surface area contributed by atoms with Crippen LogP contribution in [0.1, 0.15) is 29.2 Å². The number of hydrogen-bond acceptors (Lipinski definition) is 3. The highest BCUT2D eigenvalue weighted by Gasteiger charge is 2.14. The maximum absolute atomic E-state index is 13.2. The Morgan fingerprint density at radius 1 is 1.00 bits per heavy atom. The van der Waals surface area contributed by atoms with Crippen molar-refractivity contribution in [2.75, 3.05) is 0 Å². The van der Waals surface area contributed by atoms with Gasteiger partial charge in [-0.1, -0.05) is 49.4 Å². The molecular formula is C23H22N2OS. The van der Waals surface area contributed by atoms with E-state index in [0.29, 0.717) is 6.54 Å². The van der Waals surface area contributed by atoms with Gasteiger partial charge in [-0.15, -0.1) is 11.3 Å². The highest BCUT2D eigenvalue weighted by Crippen LogP contribution is 2.31. The Labute approximate surface area is 163 Å². The van der Waals surface area contributed by atoms with Crippen LogP contribution in [0.2, 0.25) is 0 Å². The van der Waals surface area contributed by atoms with Gasteiger partial charge in [0.1, 0.15) is 4.83 Å². The molecule has 0 aliphatic rings. The predicted octanol–water partition coefficient (Wildman–Crippen LogP) is 5.35. The quantitative estimate of drug-likeness (QED) is 0.482. The molecule has 2 aromatic heterocycles. The molecule has 0 saturated heterocycles. The van der Waals surface area contributed by atoms with Crippen molar-refractivity contribution >= 4 is 21.6 Å². The topological polar surface area (TPSA) is 34.9 Å². The molecule has 2 heterocycles. The van der Waals surface area contributed by atoms with Crippen molar-refractivity contribution < 1.29 is 0 Å². The van der Waals surface area contributed by atoms with Gasteiger partial charge in [-0.3, -0.25) is 9.36 Å². The average molecular weight is 375 g/mol. The van der Waals surface area contributed by atoms with Crippen molar-refractivity contribution in [3.63, 3.8) is 0 Å². The van der Waals surface area contributed by atoms with Crippen LogP contribution in [0.25, 0.3) is 21.3 Å². The summed E-state index contributed by atoms with van der Waals surface area (Å²) in [5, 5.41) is 2.76. The van der Waals surface area contributed by atoms with Crippen LogP contribution in [0.5, 0.6) is 0 Å². The Morgan fingerprint density at radius 2 is 1.74 bits per heavy atom. The minimum atomic E-state index is 0.0223. The minimum Gasteiger partial charge on any atom is -0.294 e. The number of nitrogens with zero attached hydrogens (tertiary/aromatic N) is 2. The van der Waals surface area contributed by atoms with E-state index in [1.54, 1.807) is 10.9 Å². The molecule has 0 amide bonds. The van der Waals surface area contributed by atoms with Gasteiger partial charge < -0.3 is 0 Å². The molecule has 0 radical (unpaired) electrons. The Bertz CT molecular complexity index is 1170. The van der Waals surface area contributed by atoms with Crippen LogP contribution in [-0.2, 0) is 13.0 Å². The SMILES string of the molecule is CCc1ccc(Cn2cnc3scc(-c4ccc(C)c(C)c4)c3c2=O)cc1. The number of fused-ring (bicyclic) bond motifs is 1. The molecule has 3 nitrogen and oxygen atoms in total. The van der Waals surface area contributed by atoms with Gasteiger partial charge in [0.15, 0.2) is 0 Å². The van der Waals surface area contributed by atoms with Gasteiger partial charge in [-0.05, 0) is 48.1 Å². The predicted molar refractivity (Wildman–Crippen MR) is 114 cm³/mol. The second kappa shape index (κ2) is 7.12. The van der Waals surface area contributed by atoms with Crippen LogP contribution < -0.4 is 5.56 Å². The Kier molecular flexibility index (Phi) is 4.66. The van der Waals surface area contributed by atoms with Crippen molar-refractivity contribution in [2.24, 2.45) is 0 Å². The van der Waals surface area contributed by atoms with Gasteiger partial charge in [0.25, 0.3) is 5.56 Å². The smallest absolute Gasteiger partial charge is 0.263 e. The highest BCUT2D eigenvalue weighted by atomic mass is 32.1. The summed E-state index contributed by atoms with van der Waals surface area (Å²) < 4.78 is 1.71. The first-order valence-corrected chi connectivity index (χ1v) is 10.1. The van der Waals surface area contributed by atoms with Gasteiger partial charge in [0.2, 0.25) is 0 Å². The van der Waals surface area contributed by atoms with E-state index in [4.69, 9.17) is 0 Å². The van der Waals surface area contributed by atoms with Crippen LogP contribution in [0.4, 0.5) is 0 Å². The van der Waals surface area contributed by atoms with Crippen molar-refractivity contribution in [1.29, 1.82) is 0 Å². The van der Waals surface area contributed by atoms with E-state index in [9.17, 15) is 4.79 Å². The first-order valence-electron chi connectivity index (χ1n) is 9.19. The molecule has 27 heavy (non-hydrogen) atoms. The lowest BCUT2D eigenvalue weighted by molar-refractivity contribution is 0.749. The Morgan fingerprint density at radius 3 is 2.44 bits per heavy atom. The van der Waals surface area contributed by atoms with E-state index in [0.717, 1.165) is 33.3 Å². The number of thiophene rings is 1. The van der Waals surface area contributed by atoms with Gasteiger partial charge in [0, 0.05) is 10.9 Å². The zero-order valence-electron chi connectivity index (χ0n) is 15.8. The molecule has 0 N–H and O–H groups in total. The summed E-state index contributed by atoms with van der Waals surface area (Å²) in [6.45, 7) is 6.88. The van der Waals surface area contributed by atoms with Crippen LogP contribution in [-0.4, -0.2) is 9.55 Å². The third kappa shape index (κ3) is 3.33. The van der Waals surface area contributed by atoms with Crippen LogP contribution in [0.3, 0.4) is 0 Å². The maximum atomic E-state index is 13.2. The average Bonchev–Trinajstić information content (AvgIpc) is 3.12. The van der Waals surface area contributed by atoms with Gasteiger partial charge in [0.05, 0.1) is 18.3 Å². The van der Waals surface area contributed by atoms with Gasteiger partial charge in [-0.2, -0.15) is 0 Å². The fraction of sp³-hybridized carbons (Fsp3) is 0.217. The maximum Gasteiger partial charge on any atom is 0.263 e. The molecule has 0 atom stereocenters. The lowest BCUT2D eigenvalue weighted by Gasteiger charge is -2.08. The zero-order valence-corrected chi connectivity index (χ0v) is 16.6. The summed E-state index contributed by atoms with van der Waals surface area (Å²) >= 11 is 1.53. The summed E-state index contributed by atoms with van der Waals surface area (Å²) in [5.74, 6) is 0. The fourth-order valence-electron chi connectivity index (χ4n) is 3.28. The molecule has 136 valence electrons. The first kappa shape index (κ1) is 17.7. The van der Waals surface area contributed by atoms with E-state index < -0.39 is 0 Å². The second-order valence-electron chi connectivity index (χ2n) is 6.98. The molecule has 2 aromatic carbocycles. The van der Waals surface area contributed by atoms with Crippen LogP contribution in [0.15, 0.2) is 59.0 Å². The van der Waals surface area contributed by atoms with E-state index >= 15 is 0 Å². The molecule has 0 aliphatic carbocycles. The monoisotopic (exact) mass is 374 g/mol. The number of hydrogen-bond donors (Lipinski definition) is 0. The second-order valence-corrected chi connectivity index (χ2v) is 7.83. The van der Waals surface area contributed by atoms with Crippen molar-refractivity contribution in [1.82, 2.24) is 9.55 Å². The Balaban J connectivity index is 1.78. The summed E-state index contributed by atoms with van der Waals surface area (Å²) in [6.07, 6.45) is 2.68. The van der Waals surface area contributed by atoms with Crippen molar-refractivity contribution in [3.8, 4) is 11.1 Å². The lowest BCUT2D eigenvalue weighted by Crippen LogP contribution is -2.21. The van der Waals surface area contributed by atoms with E-state index in [1.807, 2.05) is 5.38 Å². The van der Waals surface area contributed by atoms with Crippen molar-refractivity contribution in [2.45, 2.75) is 33.7 Å². The largest absolute Gasteiger partial charge is 0.294 e. The molecule has 0 bridgehead atoms. The molecule has 4 aromatic rings. The molecular weight excluding hydrogens is 352 g/mol. The van der Waals surface area contributed by atoms with Crippen molar-refractivity contribution in [3.05, 3.63) is 86.8 Å². The number of aromatic nitrogens is 2. The van der Waals surface area contributed by atoms with Crippen LogP contribution in [0, 0.1) is 13.8 Å². The van der Waals surface area contributed by atoms with Crippen LogP contribution >= 0.6 is 11.3 Å². The number of rotatable bonds is 4. The summed E-state index contributed by atoms with van der Waals surface area (Å²) in [4.78, 5) is 18.5. The molecule has 0 aliphatic heterocycles. The first-order chi connectivity index (χ1) is 13.1. The van der Waals surface area contributed by atoms with Gasteiger partial charge in [-0.25, -0.2) is 4.98 Å². The highest BCUT2D eigenvalue weighted by molar-refractivity contribution is 7.17. The fourth-order valence-corrected chi connectivity index (χ4v) is 4.19. The lowest BCUT2D eigenvalue weighted by atomic mass is 10.0. The van der Waals surface area contributed by atoms with E-state index in [1.165, 1.54) is 28.0 Å². The third-order valence-electron chi connectivity index (χ3n) is 5.16. The third-order valence-corrected chi connectivity index (χ3v) is 6.05. The molecule has 0 saturated carbocycles. The van der Waals surface area contributed by atoms with Gasteiger partial charge >= 0.3 is 0 Å².